The van der Waals surface area contributed by atoms with Gasteiger partial charge >= 0.3 is 0 Å². The summed E-state index contributed by atoms with van der Waals surface area (Å²) in [6.07, 6.45) is 4.99. The number of nitrogens with zero attached hydrogens (tertiary/aromatic N) is 1. The molecule has 0 saturated carbocycles. The summed E-state index contributed by atoms with van der Waals surface area (Å²) < 4.78 is 0. The van der Waals surface area contributed by atoms with E-state index in [2.05, 4.69) is 25.8 Å². The second-order valence-electron chi connectivity index (χ2n) is 4.96. The zero-order valence-electron chi connectivity index (χ0n) is 9.87. The van der Waals surface area contributed by atoms with Gasteiger partial charge in [-0.3, -0.25) is 0 Å². The molecule has 2 unspecified atom stereocenters. The highest BCUT2D eigenvalue weighted by Crippen LogP contribution is 2.29. The van der Waals surface area contributed by atoms with E-state index in [0.717, 1.165) is 6.42 Å². The van der Waals surface area contributed by atoms with Crippen molar-refractivity contribution in [1.82, 2.24) is 4.90 Å². The Morgan fingerprint density at radius 2 is 2.07 bits per heavy atom. The maximum atomic E-state index is 9.08. The quantitative estimate of drug-likeness (QED) is 0.749. The smallest absolute Gasteiger partial charge is 0.0434 e. The predicted octanol–water partition coefficient (Wildman–Crippen LogP) is 2.13. The van der Waals surface area contributed by atoms with Crippen molar-refractivity contribution < 1.29 is 5.11 Å². The first-order valence-corrected chi connectivity index (χ1v) is 5.98. The van der Waals surface area contributed by atoms with Crippen molar-refractivity contribution in [2.24, 2.45) is 11.8 Å². The van der Waals surface area contributed by atoms with Crippen LogP contribution in [0.5, 0.6) is 0 Å². The Morgan fingerprint density at radius 3 is 2.57 bits per heavy atom. The second kappa shape index (κ2) is 5.72. The third-order valence-electron chi connectivity index (χ3n) is 3.64. The molecule has 84 valence electrons. The van der Waals surface area contributed by atoms with Gasteiger partial charge in [0.2, 0.25) is 0 Å². The SMILES string of the molecule is CC(C)C(CCO)C1CCCCN1C. The van der Waals surface area contributed by atoms with Crippen molar-refractivity contribution in [1.29, 1.82) is 0 Å². The van der Waals surface area contributed by atoms with Crippen LogP contribution in [0.3, 0.4) is 0 Å². The van der Waals surface area contributed by atoms with Crippen molar-refractivity contribution in [3.8, 4) is 0 Å². The monoisotopic (exact) mass is 199 g/mol. The minimum atomic E-state index is 0.340. The van der Waals surface area contributed by atoms with Crippen LogP contribution in [-0.4, -0.2) is 36.2 Å². The van der Waals surface area contributed by atoms with E-state index in [1.54, 1.807) is 0 Å². The van der Waals surface area contributed by atoms with E-state index < -0.39 is 0 Å². The molecule has 1 N–H and O–H groups in total. The Morgan fingerprint density at radius 1 is 1.36 bits per heavy atom. The average molecular weight is 199 g/mol. The van der Waals surface area contributed by atoms with Crippen LogP contribution in [0, 0.1) is 11.8 Å². The molecule has 1 aliphatic heterocycles. The molecule has 2 nitrogen and oxygen atoms in total. The van der Waals surface area contributed by atoms with Gasteiger partial charge in [0, 0.05) is 12.6 Å². The Bertz CT molecular complexity index is 156. The Hall–Kier alpha value is -0.0800. The summed E-state index contributed by atoms with van der Waals surface area (Å²) in [5.41, 5.74) is 0. The lowest BCUT2D eigenvalue weighted by Crippen LogP contribution is -2.43. The second-order valence-corrected chi connectivity index (χ2v) is 4.96. The molecule has 0 aliphatic carbocycles. The van der Waals surface area contributed by atoms with Crippen LogP contribution < -0.4 is 0 Å². The van der Waals surface area contributed by atoms with Gasteiger partial charge in [0.1, 0.15) is 0 Å². The first-order chi connectivity index (χ1) is 6.66. The summed E-state index contributed by atoms with van der Waals surface area (Å²) >= 11 is 0. The van der Waals surface area contributed by atoms with Gasteiger partial charge in [-0.2, -0.15) is 0 Å². The molecular formula is C12H25NO. The van der Waals surface area contributed by atoms with E-state index in [4.69, 9.17) is 5.11 Å². The molecule has 1 aliphatic rings. The molecule has 14 heavy (non-hydrogen) atoms. The van der Waals surface area contributed by atoms with Crippen LogP contribution in [0.25, 0.3) is 0 Å². The zero-order chi connectivity index (χ0) is 10.6. The molecule has 2 heteroatoms. The van der Waals surface area contributed by atoms with Gasteiger partial charge in [-0.1, -0.05) is 20.3 Å². The fourth-order valence-corrected chi connectivity index (χ4v) is 2.76. The third kappa shape index (κ3) is 2.96. The summed E-state index contributed by atoms with van der Waals surface area (Å²) in [6.45, 7) is 6.14. The Balaban J connectivity index is 2.55. The molecule has 1 rings (SSSR count). The van der Waals surface area contributed by atoms with Gasteiger partial charge in [-0.15, -0.1) is 0 Å². The third-order valence-corrected chi connectivity index (χ3v) is 3.64. The van der Waals surface area contributed by atoms with Crippen LogP contribution >= 0.6 is 0 Å². The Labute approximate surface area is 88.3 Å². The lowest BCUT2D eigenvalue weighted by atomic mass is 9.81. The lowest BCUT2D eigenvalue weighted by molar-refractivity contribution is 0.0849. The van der Waals surface area contributed by atoms with Gasteiger partial charge in [0.15, 0.2) is 0 Å². The summed E-state index contributed by atoms with van der Waals surface area (Å²) in [7, 11) is 2.23. The van der Waals surface area contributed by atoms with E-state index in [1.807, 2.05) is 0 Å². The predicted molar refractivity (Wildman–Crippen MR) is 60.3 cm³/mol. The highest BCUT2D eigenvalue weighted by molar-refractivity contribution is 4.82. The van der Waals surface area contributed by atoms with Crippen LogP contribution in [0.1, 0.15) is 39.5 Å². The first-order valence-electron chi connectivity index (χ1n) is 5.98. The fourth-order valence-electron chi connectivity index (χ4n) is 2.76. The summed E-state index contributed by atoms with van der Waals surface area (Å²) in [5.74, 6) is 1.36. The van der Waals surface area contributed by atoms with Gasteiger partial charge in [-0.25, -0.2) is 0 Å². The van der Waals surface area contributed by atoms with Crippen LogP contribution in [0.15, 0.2) is 0 Å². The molecule has 0 aromatic heterocycles. The Kier molecular flexibility index (Phi) is 4.90. The van der Waals surface area contributed by atoms with Crippen LogP contribution in [0.2, 0.25) is 0 Å². The summed E-state index contributed by atoms with van der Waals surface area (Å²) in [6, 6.07) is 0.705. The number of aliphatic hydroxyl groups is 1. The molecular weight excluding hydrogens is 174 g/mol. The molecule has 1 heterocycles. The maximum Gasteiger partial charge on any atom is 0.0434 e. The summed E-state index contributed by atoms with van der Waals surface area (Å²) in [4.78, 5) is 2.49. The van der Waals surface area contributed by atoms with E-state index in [9.17, 15) is 0 Å². The summed E-state index contributed by atoms with van der Waals surface area (Å²) in [5, 5.41) is 9.08. The molecule has 0 amide bonds. The minimum absolute atomic E-state index is 0.340. The molecule has 0 aromatic carbocycles. The van der Waals surface area contributed by atoms with E-state index >= 15 is 0 Å². The largest absolute Gasteiger partial charge is 0.396 e. The highest BCUT2D eigenvalue weighted by Gasteiger charge is 2.28. The average Bonchev–Trinajstić information content (AvgIpc) is 2.15. The van der Waals surface area contributed by atoms with Crippen molar-refractivity contribution >= 4 is 0 Å². The highest BCUT2D eigenvalue weighted by atomic mass is 16.3. The molecule has 0 bridgehead atoms. The topological polar surface area (TPSA) is 23.5 Å². The maximum absolute atomic E-state index is 9.08. The number of hydrogen-bond acceptors (Lipinski definition) is 2. The van der Waals surface area contributed by atoms with E-state index in [1.165, 1.54) is 25.8 Å². The number of aliphatic hydroxyl groups excluding tert-OH is 1. The fraction of sp³-hybridized carbons (Fsp3) is 1.00. The van der Waals surface area contributed by atoms with Gasteiger partial charge in [0.05, 0.1) is 0 Å². The number of piperidine rings is 1. The molecule has 1 saturated heterocycles. The zero-order valence-corrected chi connectivity index (χ0v) is 9.87. The number of likely N-dealkylation sites (tertiary alicyclic amines) is 1. The van der Waals surface area contributed by atoms with Crippen molar-refractivity contribution in [2.45, 2.75) is 45.6 Å². The van der Waals surface area contributed by atoms with Gasteiger partial charge in [0.25, 0.3) is 0 Å². The molecule has 0 radical (unpaired) electrons. The normalized spacial score (nSPS) is 26.8. The number of rotatable bonds is 4. The minimum Gasteiger partial charge on any atom is -0.396 e. The first kappa shape index (κ1) is 12.0. The molecule has 2 atom stereocenters. The van der Waals surface area contributed by atoms with Crippen molar-refractivity contribution in [3.05, 3.63) is 0 Å². The molecule has 0 aromatic rings. The van der Waals surface area contributed by atoms with Crippen LogP contribution in [-0.2, 0) is 0 Å². The lowest BCUT2D eigenvalue weighted by Gasteiger charge is -2.40. The van der Waals surface area contributed by atoms with Crippen LogP contribution in [0.4, 0.5) is 0 Å². The van der Waals surface area contributed by atoms with E-state index in [-0.39, 0.29) is 0 Å². The molecule has 0 spiro atoms. The van der Waals surface area contributed by atoms with Crippen molar-refractivity contribution in [2.75, 3.05) is 20.2 Å². The number of hydrogen-bond donors (Lipinski definition) is 1. The van der Waals surface area contributed by atoms with Gasteiger partial charge in [-0.05, 0) is 44.7 Å². The van der Waals surface area contributed by atoms with E-state index in [0.29, 0.717) is 24.5 Å². The van der Waals surface area contributed by atoms with Gasteiger partial charge < -0.3 is 10.0 Å². The molecule has 1 fully saturated rings. The standard InChI is InChI=1S/C12H25NO/c1-10(2)11(7-9-14)12-6-4-5-8-13(12)3/h10-12,14H,4-9H2,1-3H3. The van der Waals surface area contributed by atoms with Crippen molar-refractivity contribution in [3.63, 3.8) is 0 Å².